The average molecular weight is 337 g/mol. The van der Waals surface area contributed by atoms with Gasteiger partial charge in [-0.15, -0.1) is 0 Å². The third kappa shape index (κ3) is 5.95. The Kier molecular flexibility index (Phi) is 6.47. The van der Waals surface area contributed by atoms with Crippen molar-refractivity contribution in [3.8, 4) is 0 Å². The fourth-order valence-electron chi connectivity index (χ4n) is 1.96. The number of nitrogens with one attached hydrogen (secondary N) is 3. The minimum absolute atomic E-state index is 0.507. The molecule has 0 heterocycles. The van der Waals surface area contributed by atoms with E-state index in [1.807, 2.05) is 49.4 Å². The number of benzene rings is 2. The number of aryl methyl sites for hydroxylation is 1. The van der Waals surface area contributed by atoms with Crippen molar-refractivity contribution in [3.05, 3.63) is 71.8 Å². The first-order chi connectivity index (χ1) is 12.1. The molecule has 25 heavy (non-hydrogen) atoms. The highest BCUT2D eigenvalue weighted by atomic mass is 16.2. The molecule has 3 amide bonds. The summed E-state index contributed by atoms with van der Waals surface area (Å²) in [4.78, 5) is 35.1. The number of carbonyl (C=O) groups excluding carboxylic acids is 3. The molecule has 0 aliphatic carbocycles. The van der Waals surface area contributed by atoms with E-state index >= 15 is 0 Å². The molecule has 6 heteroatoms. The van der Waals surface area contributed by atoms with Crippen LogP contribution in [0.15, 0.2) is 60.7 Å². The van der Waals surface area contributed by atoms with Gasteiger partial charge in [0.05, 0.1) is 0 Å². The van der Waals surface area contributed by atoms with Crippen LogP contribution in [0.1, 0.15) is 18.1 Å². The summed E-state index contributed by atoms with van der Waals surface area (Å²) in [6.45, 7) is 2.02. The fourth-order valence-corrected chi connectivity index (χ4v) is 1.96. The number of hydrogen-bond acceptors (Lipinski definition) is 3. The Labute approximate surface area is 145 Å². The molecule has 128 valence electrons. The second kappa shape index (κ2) is 9.02. The minimum Gasteiger partial charge on any atom is -0.318 e. The average Bonchev–Trinajstić information content (AvgIpc) is 2.65. The van der Waals surface area contributed by atoms with Crippen LogP contribution < -0.4 is 16.2 Å². The van der Waals surface area contributed by atoms with E-state index in [2.05, 4.69) is 16.2 Å². The first-order valence-electron chi connectivity index (χ1n) is 7.82. The van der Waals surface area contributed by atoms with Crippen molar-refractivity contribution in [1.82, 2.24) is 10.9 Å². The van der Waals surface area contributed by atoms with Crippen LogP contribution >= 0.6 is 0 Å². The molecule has 3 N–H and O–H groups in total. The predicted octanol–water partition coefficient (Wildman–Crippen LogP) is 2.05. The first-order valence-corrected chi connectivity index (χ1v) is 7.82. The Bertz CT molecular complexity index is 768. The zero-order valence-corrected chi connectivity index (χ0v) is 13.8. The topological polar surface area (TPSA) is 87.3 Å². The van der Waals surface area contributed by atoms with Crippen molar-refractivity contribution in [2.45, 2.75) is 13.3 Å². The molecule has 2 rings (SSSR count). The van der Waals surface area contributed by atoms with Crippen molar-refractivity contribution in [2.24, 2.45) is 0 Å². The highest BCUT2D eigenvalue weighted by molar-refractivity contribution is 6.39. The van der Waals surface area contributed by atoms with Gasteiger partial charge in [0.25, 0.3) is 5.91 Å². The van der Waals surface area contributed by atoms with E-state index in [4.69, 9.17) is 0 Å². The summed E-state index contributed by atoms with van der Waals surface area (Å²) < 4.78 is 0. The van der Waals surface area contributed by atoms with Gasteiger partial charge in [-0.3, -0.25) is 25.2 Å². The number of anilines is 1. The van der Waals surface area contributed by atoms with Crippen LogP contribution in [0.5, 0.6) is 0 Å². The van der Waals surface area contributed by atoms with Gasteiger partial charge in [0, 0.05) is 11.8 Å². The summed E-state index contributed by atoms with van der Waals surface area (Å²) in [6, 6.07) is 16.4. The smallest absolute Gasteiger partial charge is 0.318 e. The maximum absolute atomic E-state index is 11.8. The van der Waals surface area contributed by atoms with Gasteiger partial charge in [-0.1, -0.05) is 49.4 Å². The van der Waals surface area contributed by atoms with E-state index in [0.29, 0.717) is 5.69 Å². The number of rotatable bonds is 4. The van der Waals surface area contributed by atoms with Gasteiger partial charge in [-0.05, 0) is 35.8 Å². The third-order valence-electron chi connectivity index (χ3n) is 3.35. The van der Waals surface area contributed by atoms with E-state index < -0.39 is 17.7 Å². The van der Waals surface area contributed by atoms with E-state index in [9.17, 15) is 14.4 Å². The minimum atomic E-state index is -0.957. The third-order valence-corrected chi connectivity index (χ3v) is 3.35. The molecule has 0 aromatic heterocycles. The lowest BCUT2D eigenvalue weighted by Gasteiger charge is -2.07. The van der Waals surface area contributed by atoms with Crippen LogP contribution in [0.2, 0.25) is 0 Å². The van der Waals surface area contributed by atoms with Crippen LogP contribution in [0.4, 0.5) is 5.69 Å². The molecule has 0 fully saturated rings. The Morgan fingerprint density at radius 3 is 2.20 bits per heavy atom. The van der Waals surface area contributed by atoms with Crippen molar-refractivity contribution in [3.63, 3.8) is 0 Å². The second-order valence-electron chi connectivity index (χ2n) is 5.19. The molecule has 6 nitrogen and oxygen atoms in total. The molecule has 2 aromatic carbocycles. The van der Waals surface area contributed by atoms with Crippen LogP contribution in [-0.4, -0.2) is 17.7 Å². The molecule has 0 radical (unpaired) electrons. The Hall–Kier alpha value is -3.41. The van der Waals surface area contributed by atoms with E-state index in [1.54, 1.807) is 18.2 Å². The maximum Gasteiger partial charge on any atom is 0.328 e. The maximum atomic E-state index is 11.8. The molecular formula is C19H19N3O3. The van der Waals surface area contributed by atoms with Crippen molar-refractivity contribution in [2.75, 3.05) is 5.32 Å². The lowest BCUT2D eigenvalue weighted by Crippen LogP contribution is -2.46. The Balaban J connectivity index is 1.79. The number of hydrazine groups is 1. The lowest BCUT2D eigenvalue weighted by molar-refractivity contribution is -0.137. The van der Waals surface area contributed by atoms with Crippen LogP contribution in [0.3, 0.4) is 0 Å². The summed E-state index contributed by atoms with van der Waals surface area (Å²) in [7, 11) is 0. The fraction of sp³-hybridized carbons (Fsp3) is 0.105. The van der Waals surface area contributed by atoms with Gasteiger partial charge in [0.15, 0.2) is 0 Å². The molecule has 0 atom stereocenters. The molecule has 0 unspecified atom stereocenters. The molecule has 0 spiro atoms. The van der Waals surface area contributed by atoms with Crippen LogP contribution in [0, 0.1) is 0 Å². The normalized spacial score (nSPS) is 10.3. The van der Waals surface area contributed by atoms with Crippen molar-refractivity contribution >= 4 is 29.5 Å². The van der Waals surface area contributed by atoms with Crippen LogP contribution in [0.25, 0.3) is 6.08 Å². The molecule has 0 aliphatic heterocycles. The molecule has 0 aliphatic rings. The molecule has 0 saturated carbocycles. The quantitative estimate of drug-likeness (QED) is 0.453. The van der Waals surface area contributed by atoms with Gasteiger partial charge in [-0.25, -0.2) is 0 Å². The van der Waals surface area contributed by atoms with Crippen LogP contribution in [-0.2, 0) is 20.8 Å². The summed E-state index contributed by atoms with van der Waals surface area (Å²) in [5.41, 5.74) is 6.69. The highest BCUT2D eigenvalue weighted by Crippen LogP contribution is 2.09. The Morgan fingerprint density at radius 2 is 1.56 bits per heavy atom. The van der Waals surface area contributed by atoms with E-state index in [-0.39, 0.29) is 0 Å². The first kappa shape index (κ1) is 17.9. The number of carbonyl (C=O) groups is 3. The summed E-state index contributed by atoms with van der Waals surface area (Å²) in [5.74, 6) is -2.37. The largest absolute Gasteiger partial charge is 0.328 e. The van der Waals surface area contributed by atoms with Gasteiger partial charge in [-0.2, -0.15) is 0 Å². The zero-order valence-electron chi connectivity index (χ0n) is 13.8. The molecular weight excluding hydrogens is 318 g/mol. The standard InChI is InChI=1S/C19H19N3O3/c1-2-14-8-11-16(12-9-14)20-18(24)19(25)22-21-17(23)13-10-15-6-4-3-5-7-15/h3-13H,2H2,1H3,(H,20,24)(H,21,23)(H,22,25). The lowest BCUT2D eigenvalue weighted by atomic mass is 10.1. The summed E-state index contributed by atoms with van der Waals surface area (Å²) >= 11 is 0. The van der Waals surface area contributed by atoms with Gasteiger partial charge in [0.1, 0.15) is 0 Å². The van der Waals surface area contributed by atoms with Gasteiger partial charge < -0.3 is 5.32 Å². The highest BCUT2D eigenvalue weighted by Gasteiger charge is 2.13. The van der Waals surface area contributed by atoms with Crippen molar-refractivity contribution < 1.29 is 14.4 Å². The summed E-state index contributed by atoms with van der Waals surface area (Å²) in [6.07, 6.45) is 3.74. The molecule has 2 aromatic rings. The second-order valence-corrected chi connectivity index (χ2v) is 5.19. The molecule has 0 bridgehead atoms. The van der Waals surface area contributed by atoms with Gasteiger partial charge in [0.2, 0.25) is 0 Å². The summed E-state index contributed by atoms with van der Waals surface area (Å²) in [5, 5.41) is 2.45. The van der Waals surface area contributed by atoms with E-state index in [0.717, 1.165) is 17.5 Å². The van der Waals surface area contributed by atoms with Gasteiger partial charge >= 0.3 is 11.8 Å². The predicted molar refractivity (Wildman–Crippen MR) is 96.2 cm³/mol. The van der Waals surface area contributed by atoms with E-state index in [1.165, 1.54) is 6.08 Å². The number of amides is 3. The monoisotopic (exact) mass is 337 g/mol. The number of hydrogen-bond donors (Lipinski definition) is 3. The van der Waals surface area contributed by atoms with Crippen molar-refractivity contribution in [1.29, 1.82) is 0 Å². The zero-order chi connectivity index (χ0) is 18.1. The molecule has 0 saturated heterocycles. The Morgan fingerprint density at radius 1 is 0.880 bits per heavy atom. The SMILES string of the molecule is CCc1ccc(NC(=O)C(=O)NNC(=O)C=Cc2ccccc2)cc1.